The summed E-state index contributed by atoms with van der Waals surface area (Å²) < 4.78 is 71.1. The van der Waals surface area contributed by atoms with E-state index in [9.17, 15) is 32.6 Å². The van der Waals surface area contributed by atoms with Crippen molar-refractivity contribution in [3.05, 3.63) is 190 Å². The molecule has 0 radical (unpaired) electrons. The molecule has 0 aromatic heterocycles. The van der Waals surface area contributed by atoms with Crippen LogP contribution in [-0.2, 0) is 42.2 Å². The Kier molecular flexibility index (Phi) is 25.5. The topological polar surface area (TPSA) is 92.2 Å². The molecule has 20 fully saturated rings. The predicted octanol–water partition coefficient (Wildman–Crippen LogP) is 21.8. The monoisotopic (exact) mass is 1800 g/mol. The van der Waals surface area contributed by atoms with Gasteiger partial charge in [-0.3, -0.25) is 4.79 Å². The second-order valence-electron chi connectivity index (χ2n) is 45.2. The molecule has 6 aromatic rings. The van der Waals surface area contributed by atoms with E-state index in [0.29, 0.717) is 59.5 Å². The van der Waals surface area contributed by atoms with Crippen LogP contribution in [0.4, 0.5) is 17.6 Å². The van der Waals surface area contributed by atoms with Crippen LogP contribution in [0.2, 0.25) is 0 Å². The first-order chi connectivity index (χ1) is 59.9. The van der Waals surface area contributed by atoms with Crippen molar-refractivity contribution < 1.29 is 42.0 Å². The summed E-state index contributed by atoms with van der Waals surface area (Å²) in [6.45, 7) is 69.5. The molecule has 10 nitrogen and oxygen atoms in total. The highest BCUT2D eigenvalue weighted by atomic mass is 79.9. The SMILES string of the molecule is CCc1c(C)c(C)c(C)c(C)c1F.Cc1c(C)c(C)c(CBr)c(F)c1C.Cc1c(C)c(C)c(CC2(O)C3CC4C[C@H]2CN(C4)C3)c(F)c1C.Cc1c(C)c(C)c(CC2(O)C3CC4C[C@H]2CN(C4)C3)c(F)c1C.Cc1c(C)c(C)c2c(c1C)CC1(O2)C2CC3C[C@H]1CN(C3)C2.Cc1c(C)c(C)c2c(c1C)CC1(O2)C2CC3C[C@H]1CN(C3)C2.O=C1C2CC3C[C@H]1CN(C3)C2. The molecule has 15 saturated heterocycles. The van der Waals surface area contributed by atoms with Gasteiger partial charge in [0.05, 0.1) is 11.2 Å². The Labute approximate surface area is 769 Å². The van der Waals surface area contributed by atoms with Crippen molar-refractivity contribution in [1.29, 1.82) is 0 Å². The molecule has 17 aliphatic heterocycles. The van der Waals surface area contributed by atoms with Crippen LogP contribution in [0.5, 0.6) is 11.5 Å². The lowest BCUT2D eigenvalue weighted by atomic mass is 9.57. The minimum atomic E-state index is -0.715. The number of piperidine rings is 15. The third-order valence-corrected chi connectivity index (χ3v) is 39.8. The Morgan fingerprint density at radius 1 is 0.291 bits per heavy atom. The van der Waals surface area contributed by atoms with Gasteiger partial charge in [0.1, 0.15) is 51.8 Å². The molecule has 692 valence electrons. The van der Waals surface area contributed by atoms with Crippen molar-refractivity contribution in [2.45, 2.75) is 297 Å². The highest BCUT2D eigenvalue weighted by Crippen LogP contribution is 2.61. The summed E-state index contributed by atoms with van der Waals surface area (Å²) in [5.41, 5.74) is 33.0. The molecule has 2 spiro atoms. The number of fused-ring (bicyclic) bond motifs is 2. The van der Waals surface area contributed by atoms with Gasteiger partial charge in [-0.25, -0.2) is 17.6 Å². The van der Waals surface area contributed by atoms with E-state index in [1.807, 2.05) is 96.9 Å². The van der Waals surface area contributed by atoms with Gasteiger partial charge >= 0.3 is 0 Å². The fraction of sp³-hybridized carbons (Fsp3) is 0.670. The van der Waals surface area contributed by atoms with Crippen molar-refractivity contribution >= 4 is 21.7 Å². The van der Waals surface area contributed by atoms with Crippen molar-refractivity contribution in [1.82, 2.24) is 24.5 Å². The molecular formula is C112H154BrF4N5O5. The van der Waals surface area contributed by atoms with Gasteiger partial charge < -0.3 is 44.2 Å². The maximum absolute atomic E-state index is 15.0. The second kappa shape index (κ2) is 34.8. The summed E-state index contributed by atoms with van der Waals surface area (Å²) in [6.07, 6.45) is 16.6. The number of alkyl halides is 1. The standard InChI is InChI=1S/2C20H28FNO.2C20H27NO.C12H17F.C11H14BrF.C9H13NO/c2*1-11-12(2)14(4)19(21)18(13(11)3)7-20(23)16-5-15-6-17(20)10-22(8-15)9-16;2*1-11-12(2)14(4)19-18(13(11)3)7-20(22-19)16-5-15-6-17(20)10-21(8-15)9-16;1-6-11-9(4)7(2)8(3)10(5)12(11)13;1-6-7(2)9(4)11(13)10(5-12)8(6)3;11-9-7-1-6-2-8(9)5-10(3-6)4-7/h2*15-17,23H,5-10H2,1-4H3;2*15-17H,5-10H2,1-4H3;6H2,1-5H3;5H2,1-4H3;6-8H,1-5H2/t4*15?,16-,17?,20?;;;6?,7-,8?/m0000..0/s1. The fourth-order valence-electron chi connectivity index (χ4n) is 29.8. The Morgan fingerprint density at radius 3 is 0.803 bits per heavy atom. The number of hydrogen-bond acceptors (Lipinski definition) is 10. The lowest BCUT2D eigenvalue weighted by molar-refractivity contribution is -0.182. The highest BCUT2D eigenvalue weighted by Gasteiger charge is 2.64. The molecular weight excluding hydrogens is 1650 g/mol. The fourth-order valence-corrected chi connectivity index (χ4v) is 30.5. The van der Waals surface area contributed by atoms with Crippen LogP contribution in [-0.4, -0.2) is 161 Å². The number of carbonyl (C=O) groups is 1. The lowest BCUT2D eigenvalue weighted by Crippen LogP contribution is -2.68. The van der Waals surface area contributed by atoms with Crippen LogP contribution < -0.4 is 9.47 Å². The van der Waals surface area contributed by atoms with Crippen LogP contribution in [0, 0.1) is 278 Å². The third-order valence-electron chi connectivity index (χ3n) is 39.3. The molecule has 19 unspecified atom stereocenters. The third kappa shape index (κ3) is 15.7. The van der Waals surface area contributed by atoms with Gasteiger partial charge in [-0.15, -0.1) is 0 Å². The lowest BCUT2D eigenvalue weighted by Gasteiger charge is -2.60. The van der Waals surface area contributed by atoms with Crippen LogP contribution in [0.1, 0.15) is 238 Å². The van der Waals surface area contributed by atoms with Gasteiger partial charge in [0.2, 0.25) is 0 Å². The van der Waals surface area contributed by atoms with Crippen molar-refractivity contribution in [2.75, 3.05) is 98.2 Å². The molecule has 5 saturated carbocycles. The van der Waals surface area contributed by atoms with Crippen molar-refractivity contribution in [3.8, 4) is 11.5 Å². The highest BCUT2D eigenvalue weighted by molar-refractivity contribution is 9.08. The van der Waals surface area contributed by atoms with E-state index >= 15 is 0 Å². The average molecular weight is 1810 g/mol. The molecule has 28 rings (SSSR count). The number of ether oxygens (including phenoxy) is 2. The first kappa shape index (κ1) is 93.3. The zero-order valence-electron chi connectivity index (χ0n) is 82.3. The van der Waals surface area contributed by atoms with E-state index in [4.69, 9.17) is 9.47 Å². The van der Waals surface area contributed by atoms with E-state index in [1.54, 1.807) is 0 Å². The summed E-state index contributed by atoms with van der Waals surface area (Å²) in [4.78, 5) is 24.5. The smallest absolute Gasteiger partial charge is 0.141 e. The van der Waals surface area contributed by atoms with E-state index in [2.05, 4.69) is 117 Å². The van der Waals surface area contributed by atoms with Crippen LogP contribution in [0.15, 0.2) is 0 Å². The van der Waals surface area contributed by atoms with Crippen LogP contribution in [0.25, 0.3) is 0 Å². The zero-order chi connectivity index (χ0) is 91.2. The predicted molar refractivity (Wildman–Crippen MR) is 511 cm³/mol. The number of aliphatic hydroxyl groups is 2. The van der Waals surface area contributed by atoms with Gasteiger partial charge in [-0.2, -0.15) is 0 Å². The molecule has 6 aromatic carbocycles. The summed E-state index contributed by atoms with van der Waals surface area (Å²) in [5, 5.41) is 23.7. The molecule has 15 heteroatoms. The minimum Gasteiger partial charge on any atom is -0.486 e. The van der Waals surface area contributed by atoms with E-state index in [-0.39, 0.29) is 34.5 Å². The Morgan fingerprint density at radius 2 is 0.520 bits per heavy atom. The van der Waals surface area contributed by atoms with Crippen molar-refractivity contribution in [3.63, 3.8) is 0 Å². The zero-order valence-corrected chi connectivity index (χ0v) is 83.9. The van der Waals surface area contributed by atoms with Crippen LogP contribution in [0.3, 0.4) is 0 Å². The van der Waals surface area contributed by atoms with Crippen LogP contribution >= 0.6 is 15.9 Å². The van der Waals surface area contributed by atoms with E-state index in [1.165, 1.54) is 200 Å². The molecule has 5 aliphatic carbocycles. The normalized spacial score (nSPS) is 34.9. The molecule has 2 N–H and O–H groups in total. The number of carbonyl (C=O) groups excluding carboxylic acids is 1. The Balaban J connectivity index is 0.000000106. The molecule has 20 bridgehead atoms. The summed E-state index contributed by atoms with van der Waals surface area (Å²) in [7, 11) is 0. The second-order valence-corrected chi connectivity index (χ2v) is 45.8. The number of benzene rings is 6. The van der Waals surface area contributed by atoms with Gasteiger partial charge in [-0.1, -0.05) is 22.9 Å². The molecule has 24 atom stereocenters. The number of Topliss-reactive ketones (excluding diaryl/α,β-unsaturated/α-hetero) is 1. The first-order valence-electron chi connectivity index (χ1n) is 49.7. The number of nitrogens with zero attached hydrogens (tertiary/aromatic N) is 5. The molecule has 127 heavy (non-hydrogen) atoms. The molecule has 22 aliphatic rings. The maximum Gasteiger partial charge on any atom is 0.141 e. The van der Waals surface area contributed by atoms with Gasteiger partial charge in [0, 0.05) is 205 Å². The van der Waals surface area contributed by atoms with Gasteiger partial charge in [0.15, 0.2) is 0 Å². The summed E-state index contributed by atoms with van der Waals surface area (Å²) in [6, 6.07) is 0. The number of halogens is 5. The average Bonchev–Trinajstić information content (AvgIpc) is 1.55. The number of rotatable bonds is 6. The van der Waals surface area contributed by atoms with E-state index in [0.717, 1.165) is 214 Å². The van der Waals surface area contributed by atoms with E-state index < -0.39 is 11.2 Å². The maximum atomic E-state index is 15.0. The summed E-state index contributed by atoms with van der Waals surface area (Å²) in [5.74, 6) is 12.2. The molecule has 17 heterocycles. The minimum absolute atomic E-state index is 0.0110. The summed E-state index contributed by atoms with van der Waals surface area (Å²) >= 11 is 3.31. The number of hydrogen-bond donors (Lipinski definition) is 2. The molecule has 0 amide bonds. The number of ketones is 1. The largest absolute Gasteiger partial charge is 0.486 e. The Hall–Kier alpha value is -5.49. The first-order valence-corrected chi connectivity index (χ1v) is 50.8. The van der Waals surface area contributed by atoms with Crippen molar-refractivity contribution in [2.24, 2.45) is 88.8 Å². The quantitative estimate of drug-likeness (QED) is 0.124. The Bertz CT molecular complexity index is 4730. The van der Waals surface area contributed by atoms with Gasteiger partial charge in [-0.05, 0) is 417 Å². The van der Waals surface area contributed by atoms with Gasteiger partial charge in [0.25, 0.3) is 0 Å².